The van der Waals surface area contributed by atoms with Gasteiger partial charge in [0.2, 0.25) is 5.01 Å². The summed E-state index contributed by atoms with van der Waals surface area (Å²) >= 11 is 1.18. The number of aryl methyl sites for hydroxylation is 1. The third kappa shape index (κ3) is 3.43. The molecule has 0 saturated carbocycles. The summed E-state index contributed by atoms with van der Waals surface area (Å²) in [5.74, 6) is 0.667. The average molecular weight is 303 g/mol. The largest absolute Gasteiger partial charge is 0.334 e. The lowest BCUT2D eigenvalue weighted by molar-refractivity contribution is 0.0628. The van der Waals surface area contributed by atoms with E-state index >= 15 is 0 Å². The van der Waals surface area contributed by atoms with Crippen molar-refractivity contribution in [2.75, 3.05) is 26.2 Å². The Hall–Kier alpha value is -1.86. The maximum atomic E-state index is 12.3. The van der Waals surface area contributed by atoms with E-state index in [9.17, 15) is 4.79 Å². The summed E-state index contributed by atoms with van der Waals surface area (Å²) in [6.07, 6.45) is 3.67. The number of hydrogen-bond acceptors (Lipinski definition) is 6. The molecule has 1 amide bonds. The molecule has 0 unspecified atom stereocenters. The minimum absolute atomic E-state index is 0.00151. The fourth-order valence-corrected chi connectivity index (χ4v) is 3.02. The smallest absolute Gasteiger partial charge is 0.284 e. The van der Waals surface area contributed by atoms with Crippen LogP contribution in [-0.2, 0) is 6.54 Å². The summed E-state index contributed by atoms with van der Waals surface area (Å²) in [6.45, 7) is 5.90. The first-order valence-corrected chi connectivity index (χ1v) is 7.70. The van der Waals surface area contributed by atoms with Crippen LogP contribution < -0.4 is 0 Å². The van der Waals surface area contributed by atoms with Crippen molar-refractivity contribution >= 4 is 17.4 Å². The first kappa shape index (κ1) is 14.1. The monoisotopic (exact) mass is 303 g/mol. The maximum Gasteiger partial charge on any atom is 0.284 e. The van der Waals surface area contributed by atoms with Crippen molar-refractivity contribution in [2.45, 2.75) is 13.5 Å². The molecule has 21 heavy (non-hydrogen) atoms. The molecule has 0 bridgehead atoms. The third-order valence-electron chi connectivity index (χ3n) is 3.50. The second-order valence-corrected chi connectivity index (χ2v) is 5.83. The van der Waals surface area contributed by atoms with Crippen LogP contribution in [-0.4, -0.2) is 56.2 Å². The molecule has 7 heteroatoms. The minimum Gasteiger partial charge on any atom is -0.334 e. The fraction of sp³-hybridized carbons (Fsp3) is 0.429. The molecule has 1 saturated heterocycles. The zero-order valence-corrected chi connectivity index (χ0v) is 12.7. The van der Waals surface area contributed by atoms with Crippen LogP contribution in [0.25, 0.3) is 0 Å². The van der Waals surface area contributed by atoms with Gasteiger partial charge < -0.3 is 4.90 Å². The lowest BCUT2D eigenvalue weighted by atomic mass is 10.2. The first-order chi connectivity index (χ1) is 10.2. The molecule has 110 valence electrons. The number of carbonyl (C=O) groups excluding carboxylic acids is 1. The van der Waals surface area contributed by atoms with Gasteiger partial charge in [0.05, 0.1) is 0 Å². The Morgan fingerprint density at radius 3 is 2.76 bits per heavy atom. The van der Waals surface area contributed by atoms with Gasteiger partial charge in [-0.05, 0) is 30.1 Å². The molecule has 0 spiro atoms. The van der Waals surface area contributed by atoms with Crippen molar-refractivity contribution in [3.8, 4) is 0 Å². The molecule has 2 aromatic heterocycles. The van der Waals surface area contributed by atoms with Crippen molar-refractivity contribution in [3.05, 3.63) is 40.9 Å². The Balaban J connectivity index is 1.54. The Bertz CT molecular complexity index is 607. The van der Waals surface area contributed by atoms with Crippen molar-refractivity contribution in [3.63, 3.8) is 0 Å². The van der Waals surface area contributed by atoms with Gasteiger partial charge in [-0.1, -0.05) is 6.07 Å². The van der Waals surface area contributed by atoms with Crippen LogP contribution in [0.3, 0.4) is 0 Å². The molecular weight excluding hydrogens is 286 g/mol. The third-order valence-corrected chi connectivity index (χ3v) is 4.29. The predicted octanol–water partition coefficient (Wildman–Crippen LogP) is 1.20. The van der Waals surface area contributed by atoms with Gasteiger partial charge in [0, 0.05) is 45.1 Å². The van der Waals surface area contributed by atoms with Crippen LogP contribution in [0.4, 0.5) is 0 Å². The van der Waals surface area contributed by atoms with Crippen LogP contribution in [0.1, 0.15) is 21.2 Å². The average Bonchev–Trinajstić information content (AvgIpc) is 2.95. The summed E-state index contributed by atoms with van der Waals surface area (Å²) in [5, 5.41) is 0.494. The van der Waals surface area contributed by atoms with Crippen LogP contribution in [0, 0.1) is 6.92 Å². The highest BCUT2D eigenvalue weighted by Gasteiger charge is 2.24. The lowest BCUT2D eigenvalue weighted by Crippen LogP contribution is -2.48. The Kier molecular flexibility index (Phi) is 4.21. The number of amides is 1. The SMILES string of the molecule is Cc1nsc(C(=O)N2CCN(Cc3cccnc3)CC2)n1. The molecule has 3 heterocycles. The Morgan fingerprint density at radius 1 is 1.33 bits per heavy atom. The molecule has 0 N–H and O–H groups in total. The summed E-state index contributed by atoms with van der Waals surface area (Å²) in [4.78, 5) is 24.8. The van der Waals surface area contributed by atoms with Crippen LogP contribution in [0.5, 0.6) is 0 Å². The molecule has 0 aromatic carbocycles. The number of hydrogen-bond donors (Lipinski definition) is 0. The predicted molar refractivity (Wildman–Crippen MR) is 80.1 cm³/mol. The summed E-state index contributed by atoms with van der Waals surface area (Å²) < 4.78 is 4.07. The van der Waals surface area contributed by atoms with Crippen LogP contribution in [0.15, 0.2) is 24.5 Å². The van der Waals surface area contributed by atoms with Crippen molar-refractivity contribution < 1.29 is 4.79 Å². The quantitative estimate of drug-likeness (QED) is 0.852. The van der Waals surface area contributed by atoms with E-state index in [1.54, 1.807) is 13.1 Å². The van der Waals surface area contributed by atoms with E-state index in [0.29, 0.717) is 10.8 Å². The molecule has 1 aliphatic heterocycles. The highest BCUT2D eigenvalue weighted by molar-refractivity contribution is 7.07. The maximum absolute atomic E-state index is 12.3. The molecule has 2 aromatic rings. The molecule has 3 rings (SSSR count). The second-order valence-electron chi connectivity index (χ2n) is 5.08. The minimum atomic E-state index is 0.00151. The topological polar surface area (TPSA) is 62.2 Å². The van der Waals surface area contributed by atoms with Crippen molar-refractivity contribution in [1.29, 1.82) is 0 Å². The van der Waals surface area contributed by atoms with Gasteiger partial charge in [0.1, 0.15) is 5.82 Å². The van der Waals surface area contributed by atoms with Gasteiger partial charge in [-0.2, -0.15) is 4.37 Å². The molecule has 6 nitrogen and oxygen atoms in total. The number of carbonyl (C=O) groups is 1. The Labute approximate surface area is 127 Å². The van der Waals surface area contributed by atoms with E-state index in [-0.39, 0.29) is 5.91 Å². The zero-order valence-electron chi connectivity index (χ0n) is 11.9. The fourth-order valence-electron chi connectivity index (χ4n) is 2.38. The molecule has 1 aliphatic rings. The summed E-state index contributed by atoms with van der Waals surface area (Å²) in [5.41, 5.74) is 1.21. The molecule has 0 atom stereocenters. The van der Waals surface area contributed by atoms with E-state index in [1.807, 2.05) is 17.2 Å². The van der Waals surface area contributed by atoms with Gasteiger partial charge in [-0.3, -0.25) is 14.7 Å². The standard InChI is InChI=1S/C14H17N5OS/c1-11-16-13(21-17-11)14(20)19-7-5-18(6-8-19)10-12-3-2-4-15-9-12/h2-4,9H,5-8,10H2,1H3. The van der Waals surface area contributed by atoms with Crippen molar-refractivity contribution in [2.24, 2.45) is 0 Å². The van der Waals surface area contributed by atoms with Gasteiger partial charge in [0.25, 0.3) is 5.91 Å². The van der Waals surface area contributed by atoms with Crippen molar-refractivity contribution in [1.82, 2.24) is 24.1 Å². The number of rotatable bonds is 3. The summed E-state index contributed by atoms with van der Waals surface area (Å²) in [6, 6.07) is 4.03. The van der Waals surface area contributed by atoms with Crippen LogP contribution >= 0.6 is 11.5 Å². The van der Waals surface area contributed by atoms with E-state index in [1.165, 1.54) is 17.1 Å². The summed E-state index contributed by atoms with van der Waals surface area (Å²) in [7, 11) is 0. The normalized spacial score (nSPS) is 16.1. The molecule has 0 aliphatic carbocycles. The van der Waals surface area contributed by atoms with E-state index < -0.39 is 0 Å². The number of pyridine rings is 1. The Morgan fingerprint density at radius 2 is 2.14 bits per heavy atom. The number of piperazine rings is 1. The van der Waals surface area contributed by atoms with Crippen LogP contribution in [0.2, 0.25) is 0 Å². The molecule has 0 radical (unpaired) electrons. The van der Waals surface area contributed by atoms with E-state index in [4.69, 9.17) is 0 Å². The molecule has 1 fully saturated rings. The lowest BCUT2D eigenvalue weighted by Gasteiger charge is -2.34. The highest BCUT2D eigenvalue weighted by atomic mass is 32.1. The van der Waals surface area contributed by atoms with E-state index in [0.717, 1.165) is 32.7 Å². The van der Waals surface area contributed by atoms with Gasteiger partial charge in [-0.15, -0.1) is 0 Å². The first-order valence-electron chi connectivity index (χ1n) is 6.93. The van der Waals surface area contributed by atoms with Gasteiger partial charge in [0.15, 0.2) is 0 Å². The highest BCUT2D eigenvalue weighted by Crippen LogP contribution is 2.12. The number of nitrogens with zero attached hydrogens (tertiary/aromatic N) is 5. The van der Waals surface area contributed by atoms with E-state index in [2.05, 4.69) is 25.3 Å². The number of aromatic nitrogens is 3. The van der Waals surface area contributed by atoms with Gasteiger partial charge in [-0.25, -0.2) is 4.98 Å². The van der Waals surface area contributed by atoms with Gasteiger partial charge >= 0.3 is 0 Å². The second kappa shape index (κ2) is 6.28. The molecular formula is C14H17N5OS. The zero-order chi connectivity index (χ0) is 14.7.